The first kappa shape index (κ1) is 41.4. The van der Waals surface area contributed by atoms with Gasteiger partial charge in [-0.1, -0.05) is 57.8 Å². The summed E-state index contributed by atoms with van der Waals surface area (Å²) >= 11 is 0. The van der Waals surface area contributed by atoms with Crippen molar-refractivity contribution < 1.29 is 43.9 Å². The number of hydrogen-bond acceptors (Lipinski definition) is 9. The third-order valence-corrected chi connectivity index (χ3v) is 8.95. The van der Waals surface area contributed by atoms with E-state index in [2.05, 4.69) is 25.7 Å². The first-order chi connectivity index (χ1) is 26.3. The highest BCUT2D eigenvalue weighted by Crippen LogP contribution is 2.36. The molecule has 1 amide bonds. The second-order valence-corrected chi connectivity index (χ2v) is 12.7. The summed E-state index contributed by atoms with van der Waals surface area (Å²) in [6.45, 7) is 4.19. The monoisotopic (exact) mass is 737 g/mol. The number of benzene rings is 4. The Morgan fingerprint density at radius 1 is 0.630 bits per heavy atom. The van der Waals surface area contributed by atoms with E-state index in [4.69, 9.17) is 18.9 Å². The SMILES string of the molecule is CCCCCCCOc1cc(OC)c(C(=O)N(CCCC)c2ccc(C#Cc3ccc(OC(=O)c4cc(CO)c(CO)cc4CO)cc3)cc2)cc1OC. The summed E-state index contributed by atoms with van der Waals surface area (Å²) in [5.74, 6) is 7.05. The number of amides is 1. The molecule has 4 aromatic carbocycles. The average Bonchev–Trinajstić information content (AvgIpc) is 3.21. The van der Waals surface area contributed by atoms with Crippen LogP contribution in [-0.2, 0) is 19.8 Å². The molecule has 10 nitrogen and oxygen atoms in total. The highest BCUT2D eigenvalue weighted by atomic mass is 16.5. The van der Waals surface area contributed by atoms with Crippen LogP contribution in [0.15, 0.2) is 72.8 Å². The van der Waals surface area contributed by atoms with Crippen LogP contribution in [0, 0.1) is 11.8 Å². The lowest BCUT2D eigenvalue weighted by molar-refractivity contribution is 0.0730. The lowest BCUT2D eigenvalue weighted by Gasteiger charge is -2.24. The van der Waals surface area contributed by atoms with E-state index >= 15 is 0 Å². The lowest BCUT2D eigenvalue weighted by atomic mass is 9.99. The summed E-state index contributed by atoms with van der Waals surface area (Å²) in [6, 6.07) is 20.5. The van der Waals surface area contributed by atoms with E-state index < -0.39 is 12.6 Å². The number of esters is 1. The van der Waals surface area contributed by atoms with Gasteiger partial charge in [0.1, 0.15) is 11.5 Å². The fraction of sp³-hybridized carbons (Fsp3) is 0.364. The molecular weight excluding hydrogens is 686 g/mol. The predicted octanol–water partition coefficient (Wildman–Crippen LogP) is 7.60. The van der Waals surface area contributed by atoms with E-state index in [1.807, 2.05) is 24.3 Å². The minimum Gasteiger partial charge on any atom is -0.496 e. The second kappa shape index (κ2) is 21.4. The van der Waals surface area contributed by atoms with Gasteiger partial charge in [-0.05, 0) is 90.2 Å². The molecule has 0 aliphatic rings. The van der Waals surface area contributed by atoms with Crippen molar-refractivity contribution in [3.63, 3.8) is 0 Å². The molecular formula is C44H51NO9. The van der Waals surface area contributed by atoms with Gasteiger partial charge in [0.05, 0.1) is 51.8 Å². The number of ether oxygens (including phenoxy) is 4. The minimum atomic E-state index is -0.698. The number of aliphatic hydroxyl groups is 3. The van der Waals surface area contributed by atoms with E-state index in [0.29, 0.717) is 52.7 Å². The first-order valence-corrected chi connectivity index (χ1v) is 18.4. The van der Waals surface area contributed by atoms with Gasteiger partial charge in [-0.3, -0.25) is 4.79 Å². The van der Waals surface area contributed by atoms with Crippen molar-refractivity contribution >= 4 is 17.6 Å². The van der Waals surface area contributed by atoms with Crippen LogP contribution in [0.25, 0.3) is 0 Å². The van der Waals surface area contributed by atoms with Crippen molar-refractivity contribution in [3.05, 3.63) is 112 Å². The van der Waals surface area contributed by atoms with E-state index in [0.717, 1.165) is 36.9 Å². The highest BCUT2D eigenvalue weighted by Gasteiger charge is 2.24. The number of carbonyl (C=O) groups is 2. The van der Waals surface area contributed by atoms with Crippen molar-refractivity contribution in [3.8, 4) is 34.8 Å². The molecule has 0 saturated heterocycles. The zero-order valence-corrected chi connectivity index (χ0v) is 31.7. The van der Waals surface area contributed by atoms with E-state index in [1.165, 1.54) is 38.5 Å². The molecule has 0 atom stereocenters. The summed E-state index contributed by atoms with van der Waals surface area (Å²) in [6.07, 6.45) is 7.31. The molecule has 0 aliphatic carbocycles. The molecule has 54 heavy (non-hydrogen) atoms. The Morgan fingerprint density at radius 2 is 1.22 bits per heavy atom. The molecule has 0 unspecified atom stereocenters. The Hall–Kier alpha value is -5.34. The zero-order chi connectivity index (χ0) is 38.9. The number of rotatable bonds is 19. The Balaban J connectivity index is 1.47. The van der Waals surface area contributed by atoms with Crippen LogP contribution in [0.3, 0.4) is 0 Å². The quantitative estimate of drug-likeness (QED) is 0.0385. The molecule has 3 N–H and O–H groups in total. The van der Waals surface area contributed by atoms with Gasteiger partial charge in [0.2, 0.25) is 0 Å². The summed E-state index contributed by atoms with van der Waals surface area (Å²) in [4.78, 5) is 28.7. The van der Waals surface area contributed by atoms with Gasteiger partial charge in [-0.15, -0.1) is 0 Å². The molecule has 0 bridgehead atoms. The largest absolute Gasteiger partial charge is 0.496 e. The van der Waals surface area contributed by atoms with Gasteiger partial charge >= 0.3 is 5.97 Å². The molecule has 0 aromatic heterocycles. The van der Waals surface area contributed by atoms with Gasteiger partial charge in [0.15, 0.2) is 11.5 Å². The van der Waals surface area contributed by atoms with Crippen molar-refractivity contribution in [1.29, 1.82) is 0 Å². The van der Waals surface area contributed by atoms with Gasteiger partial charge in [-0.2, -0.15) is 0 Å². The lowest BCUT2D eigenvalue weighted by Crippen LogP contribution is -2.32. The van der Waals surface area contributed by atoms with Crippen molar-refractivity contribution in [2.45, 2.75) is 78.6 Å². The molecule has 0 fully saturated rings. The number of aliphatic hydroxyl groups excluding tert-OH is 3. The molecule has 4 rings (SSSR count). The first-order valence-electron chi connectivity index (χ1n) is 18.4. The highest BCUT2D eigenvalue weighted by molar-refractivity contribution is 6.08. The van der Waals surface area contributed by atoms with Crippen LogP contribution >= 0.6 is 0 Å². The summed E-state index contributed by atoms with van der Waals surface area (Å²) in [5, 5.41) is 28.9. The van der Waals surface area contributed by atoms with Crippen LogP contribution in [0.4, 0.5) is 5.69 Å². The Labute approximate surface area is 318 Å². The van der Waals surface area contributed by atoms with Crippen LogP contribution < -0.4 is 23.8 Å². The predicted molar refractivity (Wildman–Crippen MR) is 208 cm³/mol. The molecule has 0 radical (unpaired) electrons. The van der Waals surface area contributed by atoms with E-state index in [1.54, 1.807) is 48.4 Å². The third-order valence-electron chi connectivity index (χ3n) is 8.95. The Morgan fingerprint density at radius 3 is 1.81 bits per heavy atom. The maximum Gasteiger partial charge on any atom is 0.343 e. The standard InChI is InChI=1S/C44H51NO9/c1-5-7-9-10-11-23-53-42-27-40(51-3)39(26-41(42)52-4)43(49)45(22-8-6-2)36-18-14-31(15-19-36)12-13-32-16-20-37(21-17-32)54-44(50)38-25-34(29-47)33(28-46)24-35(38)30-48/h14-21,24-27,46-48H,5-11,22-23,28-30H2,1-4H3. The fourth-order valence-corrected chi connectivity index (χ4v) is 5.84. The smallest absolute Gasteiger partial charge is 0.343 e. The van der Waals surface area contributed by atoms with Crippen molar-refractivity contribution in [2.24, 2.45) is 0 Å². The van der Waals surface area contributed by atoms with E-state index in [-0.39, 0.29) is 36.0 Å². The maximum absolute atomic E-state index is 14.1. The number of methoxy groups -OCH3 is 2. The number of nitrogens with zero attached hydrogens (tertiary/aromatic N) is 1. The van der Waals surface area contributed by atoms with E-state index in [9.17, 15) is 24.9 Å². The molecule has 10 heteroatoms. The van der Waals surface area contributed by atoms with Gasteiger partial charge in [0, 0.05) is 35.5 Å². The van der Waals surface area contributed by atoms with Crippen molar-refractivity contribution in [1.82, 2.24) is 0 Å². The minimum absolute atomic E-state index is 0.103. The Kier molecular flexibility index (Phi) is 16.4. The number of carbonyl (C=O) groups excluding carboxylic acids is 2. The second-order valence-electron chi connectivity index (χ2n) is 12.7. The fourth-order valence-electron chi connectivity index (χ4n) is 5.84. The summed E-state index contributed by atoms with van der Waals surface area (Å²) in [5.41, 5.74) is 3.73. The van der Waals surface area contributed by atoms with Crippen molar-refractivity contribution in [2.75, 3.05) is 32.3 Å². The summed E-state index contributed by atoms with van der Waals surface area (Å²) in [7, 11) is 3.10. The maximum atomic E-state index is 14.1. The van der Waals surface area contributed by atoms with Crippen LogP contribution in [0.5, 0.6) is 23.0 Å². The number of anilines is 1. The normalized spacial score (nSPS) is 10.6. The van der Waals surface area contributed by atoms with Gasteiger partial charge in [0.25, 0.3) is 5.91 Å². The third kappa shape index (κ3) is 11.1. The van der Waals surface area contributed by atoms with Crippen LogP contribution in [-0.4, -0.2) is 54.6 Å². The van der Waals surface area contributed by atoms with Gasteiger partial charge < -0.3 is 39.2 Å². The molecule has 0 heterocycles. The average molecular weight is 738 g/mol. The Bertz CT molecular complexity index is 1890. The molecule has 0 spiro atoms. The number of unbranched alkanes of at least 4 members (excludes halogenated alkanes) is 5. The molecule has 286 valence electrons. The van der Waals surface area contributed by atoms with Crippen LogP contribution in [0.1, 0.15) is 107 Å². The molecule has 4 aromatic rings. The van der Waals surface area contributed by atoms with Crippen LogP contribution in [0.2, 0.25) is 0 Å². The number of hydrogen-bond donors (Lipinski definition) is 3. The summed E-state index contributed by atoms with van der Waals surface area (Å²) < 4.78 is 22.9. The zero-order valence-electron chi connectivity index (χ0n) is 31.7. The molecule has 0 aliphatic heterocycles. The van der Waals surface area contributed by atoms with Gasteiger partial charge in [-0.25, -0.2) is 4.79 Å². The molecule has 0 saturated carbocycles. The topological polar surface area (TPSA) is 135 Å².